The van der Waals surface area contributed by atoms with Gasteiger partial charge in [-0.25, -0.2) is 0 Å². The van der Waals surface area contributed by atoms with E-state index in [4.69, 9.17) is 5.73 Å². The SMILES string of the molecule is Cc1nn(Cc2ccnc(CN)c2)c(C)c1C. The Balaban J connectivity index is 2.28. The van der Waals surface area contributed by atoms with Crippen molar-refractivity contribution in [3.63, 3.8) is 0 Å². The van der Waals surface area contributed by atoms with Gasteiger partial charge in [-0.3, -0.25) is 9.67 Å². The Hall–Kier alpha value is -1.68. The van der Waals surface area contributed by atoms with Crippen molar-refractivity contribution < 1.29 is 0 Å². The monoisotopic (exact) mass is 230 g/mol. The van der Waals surface area contributed by atoms with Gasteiger partial charge in [-0.1, -0.05) is 0 Å². The van der Waals surface area contributed by atoms with Gasteiger partial charge in [0.2, 0.25) is 0 Å². The Morgan fingerprint density at radius 2 is 2.06 bits per heavy atom. The molecule has 4 heteroatoms. The Kier molecular flexibility index (Phi) is 3.24. The summed E-state index contributed by atoms with van der Waals surface area (Å²) in [6, 6.07) is 4.04. The number of hydrogen-bond acceptors (Lipinski definition) is 3. The molecule has 0 radical (unpaired) electrons. The molecule has 0 aliphatic carbocycles. The first-order valence-corrected chi connectivity index (χ1v) is 5.76. The summed E-state index contributed by atoms with van der Waals surface area (Å²) in [6.45, 7) is 7.49. The van der Waals surface area contributed by atoms with Gasteiger partial charge in [0.25, 0.3) is 0 Å². The molecule has 0 spiro atoms. The van der Waals surface area contributed by atoms with Crippen molar-refractivity contribution in [3.8, 4) is 0 Å². The number of rotatable bonds is 3. The molecule has 90 valence electrons. The zero-order chi connectivity index (χ0) is 12.4. The van der Waals surface area contributed by atoms with Crippen molar-refractivity contribution in [3.05, 3.63) is 46.5 Å². The standard InChI is InChI=1S/C13H18N4/c1-9-10(2)16-17(11(9)3)8-12-4-5-15-13(6-12)7-14/h4-6H,7-8,14H2,1-3H3. The fourth-order valence-corrected chi connectivity index (χ4v) is 1.85. The maximum atomic E-state index is 5.59. The summed E-state index contributed by atoms with van der Waals surface area (Å²) in [5.41, 5.74) is 11.3. The first-order chi connectivity index (χ1) is 8.11. The van der Waals surface area contributed by atoms with Crippen molar-refractivity contribution in [1.82, 2.24) is 14.8 Å². The number of aromatic nitrogens is 3. The Labute approximate surface area is 101 Å². The lowest BCUT2D eigenvalue weighted by Gasteiger charge is -2.06. The van der Waals surface area contributed by atoms with Crippen LogP contribution in [0.15, 0.2) is 18.3 Å². The number of pyridine rings is 1. The van der Waals surface area contributed by atoms with E-state index in [-0.39, 0.29) is 0 Å². The average Bonchev–Trinajstić information content (AvgIpc) is 2.57. The topological polar surface area (TPSA) is 56.7 Å². The van der Waals surface area contributed by atoms with Crippen LogP contribution in [-0.2, 0) is 13.1 Å². The molecule has 4 nitrogen and oxygen atoms in total. The molecule has 0 saturated carbocycles. The third kappa shape index (κ3) is 2.36. The normalized spacial score (nSPS) is 10.8. The minimum Gasteiger partial charge on any atom is -0.325 e. The Bertz CT molecular complexity index is 528. The molecule has 2 N–H and O–H groups in total. The second-order valence-electron chi connectivity index (χ2n) is 4.31. The quantitative estimate of drug-likeness (QED) is 0.873. The highest BCUT2D eigenvalue weighted by Gasteiger charge is 2.07. The summed E-state index contributed by atoms with van der Waals surface area (Å²) in [5, 5.41) is 4.53. The predicted octanol–water partition coefficient (Wildman–Crippen LogP) is 1.71. The van der Waals surface area contributed by atoms with Crippen LogP contribution < -0.4 is 5.73 Å². The van der Waals surface area contributed by atoms with Crippen LogP contribution in [0.3, 0.4) is 0 Å². The smallest absolute Gasteiger partial charge is 0.0663 e. The highest BCUT2D eigenvalue weighted by atomic mass is 15.3. The van der Waals surface area contributed by atoms with Crippen LogP contribution >= 0.6 is 0 Å². The van der Waals surface area contributed by atoms with Crippen molar-refractivity contribution in [1.29, 1.82) is 0 Å². The van der Waals surface area contributed by atoms with Crippen LogP contribution in [0.4, 0.5) is 0 Å². The zero-order valence-electron chi connectivity index (χ0n) is 10.6. The third-order valence-electron chi connectivity index (χ3n) is 3.17. The molecule has 17 heavy (non-hydrogen) atoms. The molecule has 0 unspecified atom stereocenters. The van der Waals surface area contributed by atoms with Crippen LogP contribution in [0.25, 0.3) is 0 Å². The lowest BCUT2D eigenvalue weighted by Crippen LogP contribution is -2.06. The summed E-state index contributed by atoms with van der Waals surface area (Å²) in [6.07, 6.45) is 1.80. The predicted molar refractivity (Wildman–Crippen MR) is 67.7 cm³/mol. The van der Waals surface area contributed by atoms with E-state index in [0.29, 0.717) is 6.54 Å². The van der Waals surface area contributed by atoms with E-state index in [1.165, 1.54) is 16.8 Å². The number of nitrogens with two attached hydrogens (primary N) is 1. The first kappa shape index (κ1) is 11.8. The minimum absolute atomic E-state index is 0.476. The number of aryl methyl sites for hydroxylation is 1. The number of nitrogens with zero attached hydrogens (tertiary/aromatic N) is 3. The molecule has 2 aromatic heterocycles. The molecule has 2 aromatic rings. The van der Waals surface area contributed by atoms with Gasteiger partial charge in [-0.2, -0.15) is 5.10 Å². The minimum atomic E-state index is 0.476. The lowest BCUT2D eigenvalue weighted by molar-refractivity contribution is 0.657. The Morgan fingerprint density at radius 3 is 2.65 bits per heavy atom. The summed E-state index contributed by atoms with van der Waals surface area (Å²) in [7, 11) is 0. The van der Waals surface area contributed by atoms with E-state index in [0.717, 1.165) is 17.9 Å². The fraction of sp³-hybridized carbons (Fsp3) is 0.385. The van der Waals surface area contributed by atoms with Gasteiger partial charge >= 0.3 is 0 Å². The van der Waals surface area contributed by atoms with Crippen LogP contribution in [0, 0.1) is 20.8 Å². The van der Waals surface area contributed by atoms with Crippen LogP contribution in [-0.4, -0.2) is 14.8 Å². The molecule has 0 amide bonds. The molecule has 0 bridgehead atoms. The molecule has 0 fully saturated rings. The second-order valence-corrected chi connectivity index (χ2v) is 4.31. The molecule has 2 heterocycles. The van der Waals surface area contributed by atoms with E-state index in [1.807, 2.05) is 23.7 Å². The molecule has 0 aromatic carbocycles. The average molecular weight is 230 g/mol. The first-order valence-electron chi connectivity index (χ1n) is 5.76. The van der Waals surface area contributed by atoms with Crippen molar-refractivity contribution in [2.24, 2.45) is 5.73 Å². The van der Waals surface area contributed by atoms with Gasteiger partial charge < -0.3 is 5.73 Å². The van der Waals surface area contributed by atoms with Crippen molar-refractivity contribution in [2.45, 2.75) is 33.9 Å². The molecule has 0 saturated heterocycles. The summed E-state index contributed by atoms with van der Waals surface area (Å²) >= 11 is 0. The fourth-order valence-electron chi connectivity index (χ4n) is 1.85. The largest absolute Gasteiger partial charge is 0.325 e. The number of hydrogen-bond donors (Lipinski definition) is 1. The zero-order valence-corrected chi connectivity index (χ0v) is 10.6. The third-order valence-corrected chi connectivity index (χ3v) is 3.17. The molecular weight excluding hydrogens is 212 g/mol. The molecule has 0 atom stereocenters. The van der Waals surface area contributed by atoms with Crippen LogP contribution in [0.2, 0.25) is 0 Å². The van der Waals surface area contributed by atoms with Gasteiger partial charge in [0, 0.05) is 18.4 Å². The molecule has 0 aliphatic rings. The molecule has 2 rings (SSSR count). The lowest BCUT2D eigenvalue weighted by atomic mass is 10.2. The maximum absolute atomic E-state index is 5.59. The Morgan fingerprint density at radius 1 is 1.29 bits per heavy atom. The van der Waals surface area contributed by atoms with Gasteiger partial charge in [-0.15, -0.1) is 0 Å². The molecule has 0 aliphatic heterocycles. The van der Waals surface area contributed by atoms with E-state index in [2.05, 4.69) is 23.9 Å². The second kappa shape index (κ2) is 4.67. The highest BCUT2D eigenvalue weighted by Crippen LogP contribution is 2.13. The van der Waals surface area contributed by atoms with Crippen molar-refractivity contribution >= 4 is 0 Å². The summed E-state index contributed by atoms with van der Waals surface area (Å²) < 4.78 is 2.03. The summed E-state index contributed by atoms with van der Waals surface area (Å²) in [5.74, 6) is 0. The van der Waals surface area contributed by atoms with E-state index >= 15 is 0 Å². The van der Waals surface area contributed by atoms with Gasteiger partial charge in [0.15, 0.2) is 0 Å². The molecular formula is C13H18N4. The van der Waals surface area contributed by atoms with E-state index in [1.54, 1.807) is 6.20 Å². The van der Waals surface area contributed by atoms with Crippen molar-refractivity contribution in [2.75, 3.05) is 0 Å². The van der Waals surface area contributed by atoms with Crippen LogP contribution in [0.1, 0.15) is 28.2 Å². The van der Waals surface area contributed by atoms with Gasteiger partial charge in [0.05, 0.1) is 17.9 Å². The maximum Gasteiger partial charge on any atom is 0.0663 e. The summed E-state index contributed by atoms with van der Waals surface area (Å²) in [4.78, 5) is 4.19. The van der Waals surface area contributed by atoms with E-state index < -0.39 is 0 Å². The van der Waals surface area contributed by atoms with E-state index in [9.17, 15) is 0 Å². The highest BCUT2D eigenvalue weighted by molar-refractivity contribution is 5.24. The van der Waals surface area contributed by atoms with Gasteiger partial charge in [-0.05, 0) is 44.0 Å². The van der Waals surface area contributed by atoms with Gasteiger partial charge in [0.1, 0.15) is 0 Å². The van der Waals surface area contributed by atoms with Crippen LogP contribution in [0.5, 0.6) is 0 Å².